The van der Waals surface area contributed by atoms with Gasteiger partial charge in [0.15, 0.2) is 0 Å². The number of benzene rings is 3. The minimum Gasteiger partial charge on any atom is -0.495 e. The summed E-state index contributed by atoms with van der Waals surface area (Å²) in [6.45, 7) is 0. The minimum absolute atomic E-state index is 0.0828. The Balaban J connectivity index is 1.72. The molecule has 3 aromatic carbocycles. The lowest BCUT2D eigenvalue weighted by Gasteiger charge is -2.18. The molecule has 0 bridgehead atoms. The van der Waals surface area contributed by atoms with Crippen LogP contribution in [0.15, 0.2) is 78.9 Å². The van der Waals surface area contributed by atoms with Crippen LogP contribution < -0.4 is 10.1 Å². The quantitative estimate of drug-likeness (QED) is 0.546. The molecule has 0 atom stereocenters. The Kier molecular flexibility index (Phi) is 6.80. The van der Waals surface area contributed by atoms with Crippen LogP contribution >= 0.6 is 23.4 Å². The molecule has 1 amide bonds. The fraction of sp³-hybridized carbons (Fsp3) is 0.136. The second-order valence-corrected chi connectivity index (χ2v) is 7.44. The van der Waals surface area contributed by atoms with Crippen LogP contribution in [0, 0.1) is 0 Å². The lowest BCUT2D eigenvalue weighted by atomic mass is 10.0. The monoisotopic (exact) mass is 397 g/mol. The van der Waals surface area contributed by atoms with Crippen LogP contribution in [0.25, 0.3) is 0 Å². The van der Waals surface area contributed by atoms with Crippen molar-refractivity contribution in [3.05, 3.63) is 95.0 Å². The molecule has 3 nitrogen and oxygen atoms in total. The molecule has 0 spiro atoms. The normalized spacial score (nSPS) is 10.6. The number of nitrogens with one attached hydrogen (secondary N) is 1. The van der Waals surface area contributed by atoms with Gasteiger partial charge in [-0.2, -0.15) is 0 Å². The first-order chi connectivity index (χ1) is 13.2. The van der Waals surface area contributed by atoms with Crippen LogP contribution in [0.3, 0.4) is 0 Å². The molecular formula is C22H20ClNO2S. The standard InChI is InChI=1S/C22H20ClNO2S/c1-26-20-13-12-18(23)14-19(20)24-21(25)15-27-22(16-8-4-2-5-9-16)17-10-6-3-7-11-17/h2-14,22H,15H2,1H3,(H,24,25). The van der Waals surface area contributed by atoms with Gasteiger partial charge in [-0.3, -0.25) is 4.79 Å². The SMILES string of the molecule is COc1ccc(Cl)cc1NC(=O)CSC(c1ccccc1)c1ccccc1. The summed E-state index contributed by atoms with van der Waals surface area (Å²) >= 11 is 7.62. The van der Waals surface area contributed by atoms with E-state index >= 15 is 0 Å². The highest BCUT2D eigenvalue weighted by Gasteiger charge is 2.17. The van der Waals surface area contributed by atoms with E-state index in [1.807, 2.05) is 36.4 Å². The number of amides is 1. The number of hydrogen-bond donors (Lipinski definition) is 1. The summed E-state index contributed by atoms with van der Waals surface area (Å²) in [6, 6.07) is 25.6. The zero-order valence-corrected chi connectivity index (χ0v) is 16.5. The van der Waals surface area contributed by atoms with Gasteiger partial charge in [0.2, 0.25) is 5.91 Å². The molecule has 3 rings (SSSR count). The van der Waals surface area contributed by atoms with Gasteiger partial charge in [0.05, 0.1) is 23.8 Å². The van der Waals surface area contributed by atoms with Crippen molar-refractivity contribution >= 4 is 35.0 Å². The van der Waals surface area contributed by atoms with Crippen molar-refractivity contribution in [3.63, 3.8) is 0 Å². The molecule has 0 radical (unpaired) electrons. The number of rotatable bonds is 7. The van der Waals surface area contributed by atoms with Gasteiger partial charge in [-0.05, 0) is 29.3 Å². The van der Waals surface area contributed by atoms with Crippen molar-refractivity contribution in [1.29, 1.82) is 0 Å². The molecule has 27 heavy (non-hydrogen) atoms. The molecule has 0 aliphatic heterocycles. The minimum atomic E-state index is -0.0996. The van der Waals surface area contributed by atoms with Gasteiger partial charge >= 0.3 is 0 Å². The first-order valence-corrected chi connectivity index (χ1v) is 9.95. The molecule has 1 N–H and O–H groups in total. The average Bonchev–Trinajstić information content (AvgIpc) is 2.70. The van der Waals surface area contributed by atoms with Crippen LogP contribution in [-0.4, -0.2) is 18.8 Å². The fourth-order valence-electron chi connectivity index (χ4n) is 2.76. The summed E-state index contributed by atoms with van der Waals surface area (Å²) in [5.41, 5.74) is 2.91. The lowest BCUT2D eigenvalue weighted by molar-refractivity contribution is -0.113. The first kappa shape index (κ1) is 19.3. The smallest absolute Gasteiger partial charge is 0.234 e. The summed E-state index contributed by atoms with van der Waals surface area (Å²) in [7, 11) is 1.56. The molecule has 0 saturated carbocycles. The van der Waals surface area contributed by atoms with Crippen LogP contribution in [0.5, 0.6) is 5.75 Å². The van der Waals surface area contributed by atoms with Crippen molar-refractivity contribution in [2.75, 3.05) is 18.2 Å². The van der Waals surface area contributed by atoms with E-state index in [2.05, 4.69) is 29.6 Å². The number of halogens is 1. The molecule has 0 aliphatic rings. The summed E-state index contributed by atoms with van der Waals surface area (Å²) in [5, 5.41) is 3.52. The predicted octanol–water partition coefficient (Wildman–Crippen LogP) is 5.81. The molecule has 0 saturated heterocycles. The number of carbonyl (C=O) groups is 1. The van der Waals surface area contributed by atoms with Gasteiger partial charge in [-0.25, -0.2) is 0 Å². The van der Waals surface area contributed by atoms with Crippen LogP contribution in [-0.2, 0) is 4.79 Å². The van der Waals surface area contributed by atoms with Crippen LogP contribution in [0.4, 0.5) is 5.69 Å². The van der Waals surface area contributed by atoms with Gasteiger partial charge < -0.3 is 10.1 Å². The predicted molar refractivity (Wildman–Crippen MR) is 114 cm³/mol. The zero-order valence-electron chi connectivity index (χ0n) is 14.9. The van der Waals surface area contributed by atoms with Gasteiger partial charge in [-0.1, -0.05) is 72.3 Å². The van der Waals surface area contributed by atoms with Crippen molar-refractivity contribution in [1.82, 2.24) is 0 Å². The highest BCUT2D eigenvalue weighted by molar-refractivity contribution is 8.00. The summed E-state index contributed by atoms with van der Waals surface area (Å²) < 4.78 is 5.29. The van der Waals surface area contributed by atoms with Crippen molar-refractivity contribution < 1.29 is 9.53 Å². The van der Waals surface area contributed by atoms with E-state index in [0.29, 0.717) is 22.2 Å². The van der Waals surface area contributed by atoms with Crippen LogP contribution in [0.1, 0.15) is 16.4 Å². The third kappa shape index (κ3) is 5.28. The number of thioether (sulfide) groups is 1. The summed E-state index contributed by atoms with van der Waals surface area (Å²) in [6.07, 6.45) is 0. The Morgan fingerprint density at radius 1 is 1.00 bits per heavy atom. The van der Waals surface area contributed by atoms with Gasteiger partial charge in [0, 0.05) is 5.02 Å². The van der Waals surface area contributed by atoms with Crippen molar-refractivity contribution in [3.8, 4) is 5.75 Å². The molecule has 0 unspecified atom stereocenters. The van der Waals surface area contributed by atoms with E-state index in [0.717, 1.165) is 0 Å². The Bertz CT molecular complexity index is 848. The maximum atomic E-state index is 12.5. The molecule has 0 fully saturated rings. The average molecular weight is 398 g/mol. The Labute approximate surface area is 168 Å². The number of ether oxygens (including phenoxy) is 1. The highest BCUT2D eigenvalue weighted by Crippen LogP contribution is 2.35. The molecule has 5 heteroatoms. The number of anilines is 1. The van der Waals surface area contributed by atoms with Gasteiger partial charge in [-0.15, -0.1) is 11.8 Å². The van der Waals surface area contributed by atoms with Crippen molar-refractivity contribution in [2.45, 2.75) is 5.25 Å². The van der Waals surface area contributed by atoms with E-state index in [4.69, 9.17) is 16.3 Å². The van der Waals surface area contributed by atoms with E-state index < -0.39 is 0 Å². The third-order valence-electron chi connectivity index (χ3n) is 4.02. The molecule has 0 aliphatic carbocycles. The molecular weight excluding hydrogens is 378 g/mol. The Hall–Kier alpha value is -2.43. The third-order valence-corrected chi connectivity index (χ3v) is 5.56. The van der Waals surface area contributed by atoms with E-state index in [1.54, 1.807) is 37.1 Å². The van der Waals surface area contributed by atoms with Gasteiger partial charge in [0.25, 0.3) is 0 Å². The lowest BCUT2D eigenvalue weighted by Crippen LogP contribution is -2.16. The number of carbonyl (C=O) groups excluding carboxylic acids is 1. The molecule has 0 aromatic heterocycles. The second-order valence-electron chi connectivity index (χ2n) is 5.91. The van der Waals surface area contributed by atoms with Crippen molar-refractivity contribution in [2.24, 2.45) is 0 Å². The van der Waals surface area contributed by atoms with E-state index in [9.17, 15) is 4.79 Å². The topological polar surface area (TPSA) is 38.3 Å². The zero-order chi connectivity index (χ0) is 19.1. The second kappa shape index (κ2) is 9.49. The Morgan fingerprint density at radius 3 is 2.15 bits per heavy atom. The van der Waals surface area contributed by atoms with Crippen LogP contribution in [0.2, 0.25) is 5.02 Å². The van der Waals surface area contributed by atoms with Gasteiger partial charge in [0.1, 0.15) is 5.75 Å². The largest absolute Gasteiger partial charge is 0.495 e. The summed E-state index contributed by atoms with van der Waals surface area (Å²) in [4.78, 5) is 12.5. The number of methoxy groups -OCH3 is 1. The first-order valence-electron chi connectivity index (χ1n) is 8.52. The maximum absolute atomic E-state index is 12.5. The van der Waals surface area contributed by atoms with E-state index in [-0.39, 0.29) is 11.2 Å². The Morgan fingerprint density at radius 2 is 1.59 bits per heavy atom. The number of hydrogen-bond acceptors (Lipinski definition) is 3. The molecule has 3 aromatic rings. The molecule has 0 heterocycles. The highest BCUT2D eigenvalue weighted by atomic mass is 35.5. The summed E-state index contributed by atoms with van der Waals surface area (Å²) in [5.74, 6) is 0.794. The molecule has 138 valence electrons. The fourth-order valence-corrected chi connectivity index (χ4v) is 4.03. The maximum Gasteiger partial charge on any atom is 0.234 e. The van der Waals surface area contributed by atoms with E-state index in [1.165, 1.54) is 11.1 Å².